The van der Waals surface area contributed by atoms with Crippen LogP contribution in [-0.2, 0) is 0 Å². The van der Waals surface area contributed by atoms with Gasteiger partial charge in [-0.3, -0.25) is 0 Å². The molecule has 0 saturated carbocycles. The summed E-state index contributed by atoms with van der Waals surface area (Å²) in [5.74, 6) is 0.780. The summed E-state index contributed by atoms with van der Waals surface area (Å²) < 4.78 is 3.42. The summed E-state index contributed by atoms with van der Waals surface area (Å²) in [6.45, 7) is 0. The molecule has 25 heavy (non-hydrogen) atoms. The van der Waals surface area contributed by atoms with E-state index in [1.54, 1.807) is 46.0 Å². The molecule has 0 fully saturated rings. The van der Waals surface area contributed by atoms with Gasteiger partial charge >= 0.3 is 0 Å². The maximum Gasteiger partial charge on any atom is 0.182 e. The van der Waals surface area contributed by atoms with Crippen LogP contribution in [0, 0.1) is 0 Å². The summed E-state index contributed by atoms with van der Waals surface area (Å²) in [4.78, 5) is 9.11. The third-order valence-electron chi connectivity index (χ3n) is 4.03. The zero-order chi connectivity index (χ0) is 16.8. The highest BCUT2D eigenvalue weighted by molar-refractivity contribution is 5.89. The summed E-state index contributed by atoms with van der Waals surface area (Å²) >= 11 is 0. The Kier molecular flexibility index (Phi) is 2.81. The number of phenols is 1. The van der Waals surface area contributed by atoms with Crippen LogP contribution in [0.5, 0.6) is 5.75 Å². The maximum atomic E-state index is 9.43. The van der Waals surface area contributed by atoms with E-state index in [0.29, 0.717) is 11.5 Å². The highest BCUT2D eigenvalue weighted by Crippen LogP contribution is 2.23. The molecule has 0 aliphatic heterocycles. The monoisotopic (exact) mass is 328 g/mol. The lowest BCUT2D eigenvalue weighted by molar-refractivity contribution is 0.475. The van der Waals surface area contributed by atoms with Crippen LogP contribution in [0.25, 0.3) is 33.8 Å². The molecule has 0 aliphatic rings. The Hall–Kier alpha value is -3.74. The maximum absolute atomic E-state index is 9.43. The zero-order valence-electron chi connectivity index (χ0n) is 13.0. The molecule has 5 rings (SSSR count). The molecule has 0 amide bonds. The Morgan fingerprint density at radius 1 is 0.880 bits per heavy atom. The lowest BCUT2D eigenvalue weighted by Gasteiger charge is -2.01. The Balaban J connectivity index is 1.71. The van der Waals surface area contributed by atoms with Crippen LogP contribution < -0.4 is 0 Å². The third kappa shape index (κ3) is 2.13. The van der Waals surface area contributed by atoms with E-state index in [0.717, 1.165) is 22.3 Å². The molecule has 0 bridgehead atoms. The molecule has 0 unspecified atom stereocenters. The Morgan fingerprint density at radius 3 is 2.48 bits per heavy atom. The van der Waals surface area contributed by atoms with E-state index in [9.17, 15) is 5.11 Å². The highest BCUT2D eigenvalue weighted by Gasteiger charge is 2.14. The van der Waals surface area contributed by atoms with Gasteiger partial charge in [-0.2, -0.15) is 5.10 Å². The number of rotatable bonds is 2. The van der Waals surface area contributed by atoms with E-state index in [2.05, 4.69) is 20.2 Å². The number of nitrogens with zero attached hydrogens (tertiary/aromatic N) is 6. The number of hydrogen-bond acceptors (Lipinski definition) is 5. The molecule has 7 heteroatoms. The van der Waals surface area contributed by atoms with Crippen molar-refractivity contribution < 1.29 is 5.11 Å². The van der Waals surface area contributed by atoms with Gasteiger partial charge in [0.15, 0.2) is 17.1 Å². The van der Waals surface area contributed by atoms with Crippen LogP contribution in [0.15, 0.2) is 67.1 Å². The minimum atomic E-state index is 0.209. The molecule has 5 aromatic rings. The number of para-hydroxylation sites is 1. The molecule has 0 atom stereocenters. The molecule has 0 radical (unpaired) electrons. The molecule has 3 aromatic heterocycles. The lowest BCUT2D eigenvalue weighted by atomic mass is 10.2. The average Bonchev–Trinajstić information content (AvgIpc) is 3.26. The van der Waals surface area contributed by atoms with Gasteiger partial charge in [-0.05, 0) is 36.4 Å². The third-order valence-corrected chi connectivity index (χ3v) is 4.03. The first-order chi connectivity index (χ1) is 12.3. The molecular weight excluding hydrogens is 316 g/mol. The minimum absolute atomic E-state index is 0.209. The van der Waals surface area contributed by atoms with E-state index >= 15 is 0 Å². The van der Waals surface area contributed by atoms with Crippen molar-refractivity contribution in [3.05, 3.63) is 67.1 Å². The molecule has 3 heterocycles. The smallest absolute Gasteiger partial charge is 0.182 e. The number of aromatic nitrogens is 6. The van der Waals surface area contributed by atoms with Crippen LogP contribution in [0.4, 0.5) is 0 Å². The molecule has 7 nitrogen and oxygen atoms in total. The lowest BCUT2D eigenvalue weighted by Crippen LogP contribution is -1.98. The van der Waals surface area contributed by atoms with E-state index in [-0.39, 0.29) is 5.75 Å². The first-order valence-electron chi connectivity index (χ1n) is 7.73. The highest BCUT2D eigenvalue weighted by atomic mass is 16.3. The largest absolute Gasteiger partial charge is 0.508 e. The van der Waals surface area contributed by atoms with Crippen molar-refractivity contribution in [1.82, 2.24) is 29.4 Å². The van der Waals surface area contributed by atoms with Gasteiger partial charge in [0.05, 0.1) is 17.3 Å². The van der Waals surface area contributed by atoms with Gasteiger partial charge in [-0.1, -0.05) is 18.2 Å². The van der Waals surface area contributed by atoms with Gasteiger partial charge < -0.3 is 5.11 Å². The van der Waals surface area contributed by atoms with Crippen molar-refractivity contribution in [3.8, 4) is 22.8 Å². The van der Waals surface area contributed by atoms with Crippen LogP contribution in [0.3, 0.4) is 0 Å². The second kappa shape index (κ2) is 5.13. The second-order valence-corrected chi connectivity index (χ2v) is 5.62. The molecule has 120 valence electrons. The van der Waals surface area contributed by atoms with Gasteiger partial charge in [-0.15, -0.1) is 5.10 Å². The number of benzene rings is 2. The minimum Gasteiger partial charge on any atom is -0.508 e. The molecule has 0 spiro atoms. The average molecular weight is 328 g/mol. The molecule has 2 aromatic carbocycles. The summed E-state index contributed by atoms with van der Waals surface area (Å²) in [6.07, 6.45) is 3.38. The van der Waals surface area contributed by atoms with Crippen molar-refractivity contribution in [2.45, 2.75) is 0 Å². The van der Waals surface area contributed by atoms with E-state index in [4.69, 9.17) is 0 Å². The second-order valence-electron chi connectivity index (χ2n) is 5.62. The van der Waals surface area contributed by atoms with Crippen LogP contribution in [-0.4, -0.2) is 34.5 Å². The summed E-state index contributed by atoms with van der Waals surface area (Å²) in [7, 11) is 0. The van der Waals surface area contributed by atoms with E-state index in [1.807, 2.05) is 30.3 Å². The summed E-state index contributed by atoms with van der Waals surface area (Å²) in [5.41, 5.74) is 3.18. The van der Waals surface area contributed by atoms with Crippen molar-refractivity contribution in [2.24, 2.45) is 0 Å². The predicted octanol–water partition coefficient (Wildman–Crippen LogP) is 2.84. The Labute approximate surface area is 141 Å². The first-order valence-corrected chi connectivity index (χ1v) is 7.73. The summed E-state index contributed by atoms with van der Waals surface area (Å²) in [5, 5.41) is 19.2. The molecular formula is C18H12N6O. The van der Waals surface area contributed by atoms with Crippen molar-refractivity contribution in [1.29, 1.82) is 0 Å². The number of phenolic OH excluding ortho intramolecular Hbond substituents is 1. The normalized spacial score (nSPS) is 11.4. The fourth-order valence-corrected chi connectivity index (χ4v) is 2.81. The quantitative estimate of drug-likeness (QED) is 0.539. The SMILES string of the molecule is Oc1ccc(-c2nc3c4cnn(-c5ccccc5)c4ncn3n2)cc1. The van der Waals surface area contributed by atoms with Crippen LogP contribution in [0.1, 0.15) is 0 Å². The molecule has 0 aliphatic carbocycles. The summed E-state index contributed by atoms with van der Waals surface area (Å²) in [6, 6.07) is 16.6. The van der Waals surface area contributed by atoms with E-state index < -0.39 is 0 Å². The fourth-order valence-electron chi connectivity index (χ4n) is 2.81. The molecule has 0 saturated heterocycles. The fraction of sp³-hybridized carbons (Fsp3) is 0. The van der Waals surface area contributed by atoms with Gasteiger partial charge in [0.25, 0.3) is 0 Å². The molecule has 1 N–H and O–H groups in total. The van der Waals surface area contributed by atoms with Crippen molar-refractivity contribution in [3.63, 3.8) is 0 Å². The number of aromatic hydroxyl groups is 1. The van der Waals surface area contributed by atoms with Crippen LogP contribution >= 0.6 is 0 Å². The van der Waals surface area contributed by atoms with Gasteiger partial charge in [0, 0.05) is 5.56 Å². The van der Waals surface area contributed by atoms with Gasteiger partial charge in [0.2, 0.25) is 0 Å². The zero-order valence-corrected chi connectivity index (χ0v) is 13.0. The predicted molar refractivity (Wildman–Crippen MR) is 92.5 cm³/mol. The van der Waals surface area contributed by atoms with Gasteiger partial charge in [0.1, 0.15) is 12.1 Å². The van der Waals surface area contributed by atoms with E-state index in [1.165, 1.54) is 0 Å². The van der Waals surface area contributed by atoms with Crippen LogP contribution in [0.2, 0.25) is 0 Å². The Morgan fingerprint density at radius 2 is 1.68 bits per heavy atom. The topological polar surface area (TPSA) is 81.1 Å². The van der Waals surface area contributed by atoms with Crippen molar-refractivity contribution >= 4 is 16.7 Å². The Bertz CT molecular complexity index is 1190. The number of fused-ring (bicyclic) bond motifs is 3. The first kappa shape index (κ1) is 13.7. The van der Waals surface area contributed by atoms with Gasteiger partial charge in [-0.25, -0.2) is 19.2 Å². The standard InChI is InChI=1S/C18H12N6O/c25-14-8-6-12(7-9-14)16-21-18-15-10-20-24(13-4-2-1-3-5-13)17(15)19-11-23(18)22-16/h1-11,25H. The number of hydrogen-bond donors (Lipinski definition) is 1. The van der Waals surface area contributed by atoms with Crippen molar-refractivity contribution in [2.75, 3.05) is 0 Å².